The maximum atomic E-state index is 12.3. The van der Waals surface area contributed by atoms with Crippen LogP contribution in [0.15, 0.2) is 24.3 Å². The van der Waals surface area contributed by atoms with E-state index in [1.54, 1.807) is 6.92 Å². The molecule has 23 heavy (non-hydrogen) atoms. The van der Waals surface area contributed by atoms with E-state index in [2.05, 4.69) is 8.92 Å². The SMILES string of the molecule is CCOC(=O)[C@](C)(O)Cc1cccc(OS(=O)(=O)C(F)(F)F)c1. The van der Waals surface area contributed by atoms with Gasteiger partial charge in [-0.05, 0) is 31.5 Å². The van der Waals surface area contributed by atoms with Crippen LogP contribution in [0.2, 0.25) is 0 Å². The summed E-state index contributed by atoms with van der Waals surface area (Å²) in [6, 6.07) is 4.61. The van der Waals surface area contributed by atoms with Crippen LogP contribution >= 0.6 is 0 Å². The standard InChI is InChI=1S/C13H15F3O6S/c1-3-21-11(17)12(2,18)8-9-5-4-6-10(7-9)22-23(19,20)13(14,15)16/h4-7,18H,3,8H2,1-2H3/t12-/m1/s1. The second-order valence-electron chi connectivity index (χ2n) is 4.80. The first-order valence-electron chi connectivity index (χ1n) is 6.38. The zero-order valence-electron chi connectivity index (χ0n) is 12.3. The van der Waals surface area contributed by atoms with Crippen molar-refractivity contribution in [3.8, 4) is 5.75 Å². The van der Waals surface area contributed by atoms with Gasteiger partial charge >= 0.3 is 21.6 Å². The van der Waals surface area contributed by atoms with E-state index in [1.165, 1.54) is 19.1 Å². The van der Waals surface area contributed by atoms with E-state index in [-0.39, 0.29) is 18.6 Å². The number of halogens is 3. The molecule has 1 rings (SSSR count). The third kappa shape index (κ3) is 5.10. The summed E-state index contributed by atoms with van der Waals surface area (Å²) in [7, 11) is -5.79. The monoisotopic (exact) mass is 356 g/mol. The Morgan fingerprint density at radius 2 is 1.91 bits per heavy atom. The number of benzene rings is 1. The van der Waals surface area contributed by atoms with Crippen LogP contribution in [0.4, 0.5) is 13.2 Å². The van der Waals surface area contributed by atoms with Gasteiger partial charge in [0.2, 0.25) is 0 Å². The molecule has 1 aromatic carbocycles. The van der Waals surface area contributed by atoms with Crippen LogP contribution in [0, 0.1) is 0 Å². The average Bonchev–Trinajstić information content (AvgIpc) is 2.36. The molecule has 1 N–H and O–H groups in total. The molecule has 0 radical (unpaired) electrons. The number of hydrogen-bond acceptors (Lipinski definition) is 6. The summed E-state index contributed by atoms with van der Waals surface area (Å²) in [5.74, 6) is -1.49. The van der Waals surface area contributed by atoms with E-state index in [1.807, 2.05) is 0 Å². The highest BCUT2D eigenvalue weighted by molar-refractivity contribution is 7.88. The minimum absolute atomic E-state index is 0.0436. The molecule has 0 spiro atoms. The van der Waals surface area contributed by atoms with E-state index in [4.69, 9.17) is 0 Å². The van der Waals surface area contributed by atoms with E-state index < -0.39 is 32.9 Å². The molecule has 1 aromatic rings. The molecule has 10 heteroatoms. The number of esters is 1. The summed E-state index contributed by atoms with van der Waals surface area (Å²) in [6.07, 6.45) is -0.297. The molecule has 0 aliphatic heterocycles. The van der Waals surface area contributed by atoms with Gasteiger partial charge in [-0.2, -0.15) is 21.6 Å². The third-order valence-electron chi connectivity index (χ3n) is 2.65. The zero-order valence-corrected chi connectivity index (χ0v) is 13.1. The molecule has 0 aliphatic carbocycles. The van der Waals surface area contributed by atoms with Crippen molar-refractivity contribution >= 4 is 16.1 Å². The fraction of sp³-hybridized carbons (Fsp3) is 0.462. The molecule has 0 saturated carbocycles. The lowest BCUT2D eigenvalue weighted by Crippen LogP contribution is -2.39. The molecule has 0 aromatic heterocycles. The molecular weight excluding hydrogens is 341 g/mol. The van der Waals surface area contributed by atoms with Crippen molar-refractivity contribution in [3.63, 3.8) is 0 Å². The van der Waals surface area contributed by atoms with Crippen molar-refractivity contribution in [2.75, 3.05) is 6.61 Å². The summed E-state index contributed by atoms with van der Waals surface area (Å²) < 4.78 is 67.3. The van der Waals surface area contributed by atoms with Gasteiger partial charge in [0, 0.05) is 6.42 Å². The Labute approximate surface area is 130 Å². The summed E-state index contributed by atoms with van der Waals surface area (Å²) in [4.78, 5) is 11.6. The maximum Gasteiger partial charge on any atom is 0.534 e. The Morgan fingerprint density at radius 3 is 2.43 bits per heavy atom. The average molecular weight is 356 g/mol. The lowest BCUT2D eigenvalue weighted by atomic mass is 9.96. The third-order valence-corrected chi connectivity index (χ3v) is 3.63. The Balaban J connectivity index is 2.96. The summed E-state index contributed by atoms with van der Waals surface area (Å²) in [5, 5.41) is 10.0. The largest absolute Gasteiger partial charge is 0.534 e. The molecule has 1 atom stereocenters. The second-order valence-corrected chi connectivity index (χ2v) is 6.34. The normalized spacial score (nSPS) is 14.9. The molecule has 0 unspecified atom stereocenters. The number of carbonyl (C=O) groups is 1. The molecule has 0 saturated heterocycles. The van der Waals surface area contributed by atoms with Crippen molar-refractivity contribution in [2.45, 2.75) is 31.4 Å². The van der Waals surface area contributed by atoms with Crippen LogP contribution in [0.3, 0.4) is 0 Å². The van der Waals surface area contributed by atoms with Crippen LogP contribution in [0.25, 0.3) is 0 Å². The Kier molecular flexibility index (Phi) is 5.65. The van der Waals surface area contributed by atoms with Gasteiger partial charge in [-0.3, -0.25) is 0 Å². The Hall–Kier alpha value is -1.81. The highest BCUT2D eigenvalue weighted by Gasteiger charge is 2.48. The van der Waals surface area contributed by atoms with E-state index in [9.17, 15) is 31.5 Å². The molecule has 6 nitrogen and oxygen atoms in total. The number of rotatable bonds is 6. The molecule has 130 valence electrons. The highest BCUT2D eigenvalue weighted by atomic mass is 32.2. The predicted molar refractivity (Wildman–Crippen MR) is 73.0 cm³/mol. The Morgan fingerprint density at radius 1 is 1.30 bits per heavy atom. The topological polar surface area (TPSA) is 89.9 Å². The molecule has 0 bridgehead atoms. The van der Waals surface area contributed by atoms with Gasteiger partial charge in [0.25, 0.3) is 0 Å². The van der Waals surface area contributed by atoms with Gasteiger partial charge in [0.15, 0.2) is 5.60 Å². The minimum Gasteiger partial charge on any atom is -0.464 e. The van der Waals surface area contributed by atoms with Gasteiger partial charge in [-0.1, -0.05) is 12.1 Å². The lowest BCUT2D eigenvalue weighted by Gasteiger charge is -2.21. The number of ether oxygens (including phenoxy) is 1. The van der Waals surface area contributed by atoms with Crippen LogP contribution in [0.1, 0.15) is 19.4 Å². The van der Waals surface area contributed by atoms with Crippen molar-refractivity contribution in [2.24, 2.45) is 0 Å². The summed E-state index contributed by atoms with van der Waals surface area (Å²) in [5.41, 5.74) is -7.28. The van der Waals surface area contributed by atoms with Crippen molar-refractivity contribution < 1.29 is 40.4 Å². The smallest absolute Gasteiger partial charge is 0.464 e. The quantitative estimate of drug-likeness (QED) is 0.475. The summed E-state index contributed by atoms with van der Waals surface area (Å²) >= 11 is 0. The number of carbonyl (C=O) groups excluding carboxylic acids is 1. The second kappa shape index (κ2) is 6.75. The van der Waals surface area contributed by atoms with Gasteiger partial charge < -0.3 is 14.0 Å². The van der Waals surface area contributed by atoms with Crippen LogP contribution < -0.4 is 4.18 Å². The zero-order chi connectivity index (χ0) is 17.9. The van der Waals surface area contributed by atoms with Crippen molar-refractivity contribution in [3.05, 3.63) is 29.8 Å². The molecular formula is C13H15F3O6S. The first-order chi connectivity index (χ1) is 10.4. The van der Waals surface area contributed by atoms with Crippen LogP contribution in [-0.4, -0.2) is 37.2 Å². The van der Waals surface area contributed by atoms with Gasteiger partial charge in [0.05, 0.1) is 6.61 Å². The fourth-order valence-electron chi connectivity index (χ4n) is 1.64. The maximum absolute atomic E-state index is 12.3. The first-order valence-corrected chi connectivity index (χ1v) is 7.79. The van der Waals surface area contributed by atoms with Crippen molar-refractivity contribution in [1.82, 2.24) is 0 Å². The fourth-order valence-corrected chi connectivity index (χ4v) is 2.09. The highest BCUT2D eigenvalue weighted by Crippen LogP contribution is 2.28. The number of hydrogen-bond donors (Lipinski definition) is 1. The van der Waals surface area contributed by atoms with Gasteiger partial charge in [-0.25, -0.2) is 4.79 Å². The Bertz CT molecular complexity index is 667. The minimum atomic E-state index is -5.79. The van der Waals surface area contributed by atoms with Crippen molar-refractivity contribution in [1.29, 1.82) is 0 Å². The first kappa shape index (κ1) is 19.2. The predicted octanol–water partition coefficient (Wildman–Crippen LogP) is 1.77. The van der Waals surface area contributed by atoms with Gasteiger partial charge in [-0.15, -0.1) is 0 Å². The number of aliphatic hydroxyl groups is 1. The van der Waals surface area contributed by atoms with E-state index in [0.29, 0.717) is 0 Å². The molecule has 0 heterocycles. The molecule has 0 amide bonds. The van der Waals surface area contributed by atoms with Gasteiger partial charge in [0.1, 0.15) is 5.75 Å². The lowest BCUT2D eigenvalue weighted by molar-refractivity contribution is -0.163. The summed E-state index contributed by atoms with van der Waals surface area (Å²) in [6.45, 7) is 2.76. The van der Waals surface area contributed by atoms with Crippen LogP contribution in [-0.2, 0) is 26.1 Å². The number of alkyl halides is 3. The van der Waals surface area contributed by atoms with Crippen LogP contribution in [0.5, 0.6) is 5.75 Å². The van der Waals surface area contributed by atoms with E-state index in [0.717, 1.165) is 12.1 Å². The molecule has 0 aliphatic rings. The van der Waals surface area contributed by atoms with E-state index >= 15 is 0 Å². The molecule has 0 fully saturated rings.